The number of ether oxygens (including phenoxy) is 1. The summed E-state index contributed by atoms with van der Waals surface area (Å²) in [6.45, 7) is 0. The number of hydrogen-bond donors (Lipinski definition) is 2. The molecule has 0 spiro atoms. The Morgan fingerprint density at radius 3 is 2.59 bits per heavy atom. The number of hydrogen-bond acceptors (Lipinski definition) is 4. The highest BCUT2D eigenvalue weighted by molar-refractivity contribution is 5.33. The van der Waals surface area contributed by atoms with Gasteiger partial charge in [-0.15, -0.1) is 0 Å². The molecule has 88 valence electrons. The van der Waals surface area contributed by atoms with Crippen LogP contribution in [0.3, 0.4) is 0 Å². The van der Waals surface area contributed by atoms with E-state index in [9.17, 15) is 0 Å². The second-order valence-electron chi connectivity index (χ2n) is 3.67. The van der Waals surface area contributed by atoms with Crippen LogP contribution in [0, 0.1) is 0 Å². The van der Waals surface area contributed by atoms with E-state index >= 15 is 0 Å². The zero-order valence-corrected chi connectivity index (χ0v) is 9.63. The Kier molecular flexibility index (Phi) is 3.69. The molecule has 1 atom stereocenters. The maximum atomic E-state index is 5.61. The maximum absolute atomic E-state index is 5.61. The summed E-state index contributed by atoms with van der Waals surface area (Å²) in [6, 6.07) is 11.8. The SMILES string of the molecule is COc1cncc(C(NN)c2ccccc2)c1. The molecule has 0 aliphatic heterocycles. The Bertz CT molecular complexity index is 473. The van der Waals surface area contributed by atoms with Crippen LogP contribution in [0.25, 0.3) is 0 Å². The predicted molar refractivity (Wildman–Crippen MR) is 66.4 cm³/mol. The van der Waals surface area contributed by atoms with Gasteiger partial charge in [-0.3, -0.25) is 10.8 Å². The molecule has 0 aliphatic rings. The number of nitrogens with one attached hydrogen (secondary N) is 1. The summed E-state index contributed by atoms with van der Waals surface area (Å²) in [5.41, 5.74) is 4.85. The monoisotopic (exact) mass is 229 g/mol. The Morgan fingerprint density at radius 1 is 1.18 bits per heavy atom. The number of rotatable bonds is 4. The number of pyridine rings is 1. The van der Waals surface area contributed by atoms with E-state index in [2.05, 4.69) is 10.4 Å². The van der Waals surface area contributed by atoms with Gasteiger partial charge in [-0.2, -0.15) is 0 Å². The van der Waals surface area contributed by atoms with Gasteiger partial charge in [0, 0.05) is 6.20 Å². The van der Waals surface area contributed by atoms with Gasteiger partial charge in [0.1, 0.15) is 5.75 Å². The molecule has 0 amide bonds. The van der Waals surface area contributed by atoms with Crippen molar-refractivity contribution in [1.82, 2.24) is 10.4 Å². The van der Waals surface area contributed by atoms with E-state index in [1.165, 1.54) is 0 Å². The summed E-state index contributed by atoms with van der Waals surface area (Å²) in [5, 5.41) is 0. The van der Waals surface area contributed by atoms with Crippen LogP contribution in [0.2, 0.25) is 0 Å². The maximum Gasteiger partial charge on any atom is 0.137 e. The third kappa shape index (κ3) is 2.61. The lowest BCUT2D eigenvalue weighted by atomic mass is 10.0. The molecule has 1 aromatic heterocycles. The molecule has 2 aromatic rings. The van der Waals surface area contributed by atoms with Crippen LogP contribution >= 0.6 is 0 Å². The number of aromatic nitrogens is 1. The Balaban J connectivity index is 2.35. The van der Waals surface area contributed by atoms with Crippen molar-refractivity contribution >= 4 is 0 Å². The third-order valence-corrected chi connectivity index (χ3v) is 2.60. The van der Waals surface area contributed by atoms with E-state index in [1.807, 2.05) is 36.4 Å². The summed E-state index contributed by atoms with van der Waals surface area (Å²) in [4.78, 5) is 4.13. The Labute approximate surface area is 100 Å². The lowest BCUT2D eigenvalue weighted by molar-refractivity contribution is 0.411. The molecule has 0 bridgehead atoms. The van der Waals surface area contributed by atoms with Crippen LogP contribution < -0.4 is 16.0 Å². The summed E-state index contributed by atoms with van der Waals surface area (Å²) >= 11 is 0. The molecule has 4 heteroatoms. The van der Waals surface area contributed by atoms with Crippen molar-refractivity contribution in [2.75, 3.05) is 7.11 Å². The zero-order valence-electron chi connectivity index (χ0n) is 9.63. The Morgan fingerprint density at radius 2 is 1.94 bits per heavy atom. The fraction of sp³-hybridized carbons (Fsp3) is 0.154. The van der Waals surface area contributed by atoms with Gasteiger partial charge in [0.2, 0.25) is 0 Å². The van der Waals surface area contributed by atoms with Crippen LogP contribution in [0.1, 0.15) is 17.2 Å². The van der Waals surface area contributed by atoms with Crippen molar-refractivity contribution in [3.63, 3.8) is 0 Å². The molecule has 1 unspecified atom stereocenters. The second kappa shape index (κ2) is 5.43. The smallest absolute Gasteiger partial charge is 0.137 e. The van der Waals surface area contributed by atoms with E-state index in [0.717, 1.165) is 16.9 Å². The van der Waals surface area contributed by atoms with Gasteiger partial charge in [0.15, 0.2) is 0 Å². The van der Waals surface area contributed by atoms with Crippen molar-refractivity contribution in [2.45, 2.75) is 6.04 Å². The lowest BCUT2D eigenvalue weighted by Crippen LogP contribution is -2.28. The number of hydrazine groups is 1. The van der Waals surface area contributed by atoms with Crippen LogP contribution in [-0.2, 0) is 0 Å². The minimum absolute atomic E-state index is 0.0844. The first-order valence-electron chi connectivity index (χ1n) is 5.35. The topological polar surface area (TPSA) is 60.2 Å². The van der Waals surface area contributed by atoms with Gasteiger partial charge in [-0.05, 0) is 17.2 Å². The first-order valence-corrected chi connectivity index (χ1v) is 5.35. The molecule has 1 aromatic carbocycles. The first-order chi connectivity index (χ1) is 8.35. The van der Waals surface area contributed by atoms with Crippen molar-refractivity contribution in [3.8, 4) is 5.75 Å². The van der Waals surface area contributed by atoms with Crippen molar-refractivity contribution in [2.24, 2.45) is 5.84 Å². The van der Waals surface area contributed by atoms with E-state index in [-0.39, 0.29) is 6.04 Å². The fourth-order valence-corrected chi connectivity index (χ4v) is 1.74. The van der Waals surface area contributed by atoms with Gasteiger partial charge in [0.05, 0.1) is 19.3 Å². The molecule has 0 aliphatic carbocycles. The second-order valence-corrected chi connectivity index (χ2v) is 3.67. The number of methoxy groups -OCH3 is 1. The van der Waals surface area contributed by atoms with Crippen molar-refractivity contribution < 1.29 is 4.74 Å². The van der Waals surface area contributed by atoms with Crippen LogP contribution in [0.5, 0.6) is 5.75 Å². The highest BCUT2D eigenvalue weighted by atomic mass is 16.5. The van der Waals surface area contributed by atoms with E-state index in [1.54, 1.807) is 19.5 Å². The predicted octanol–water partition coefficient (Wildman–Crippen LogP) is 1.64. The summed E-state index contributed by atoms with van der Waals surface area (Å²) in [5.74, 6) is 6.33. The molecular formula is C13H15N3O. The Hall–Kier alpha value is -1.91. The van der Waals surface area contributed by atoms with Gasteiger partial charge >= 0.3 is 0 Å². The van der Waals surface area contributed by atoms with Gasteiger partial charge in [-0.25, -0.2) is 5.43 Å². The van der Waals surface area contributed by atoms with Gasteiger partial charge in [-0.1, -0.05) is 30.3 Å². The average molecular weight is 229 g/mol. The molecule has 0 saturated heterocycles. The quantitative estimate of drug-likeness (QED) is 0.618. The summed E-state index contributed by atoms with van der Waals surface area (Å²) in [6.07, 6.45) is 3.45. The van der Waals surface area contributed by atoms with Crippen molar-refractivity contribution in [3.05, 3.63) is 59.9 Å². The average Bonchev–Trinajstić information content (AvgIpc) is 2.41. The lowest BCUT2D eigenvalue weighted by Gasteiger charge is -2.16. The fourth-order valence-electron chi connectivity index (χ4n) is 1.74. The zero-order chi connectivity index (χ0) is 12.1. The van der Waals surface area contributed by atoms with E-state index < -0.39 is 0 Å². The molecule has 0 saturated carbocycles. The molecule has 0 fully saturated rings. The first kappa shape index (κ1) is 11.6. The number of nitrogens with two attached hydrogens (primary N) is 1. The molecule has 1 heterocycles. The minimum Gasteiger partial charge on any atom is -0.495 e. The van der Waals surface area contributed by atoms with Crippen LogP contribution in [0.4, 0.5) is 0 Å². The molecule has 0 radical (unpaired) electrons. The molecular weight excluding hydrogens is 214 g/mol. The van der Waals surface area contributed by atoms with Gasteiger partial charge in [0.25, 0.3) is 0 Å². The van der Waals surface area contributed by atoms with Crippen molar-refractivity contribution in [1.29, 1.82) is 0 Å². The van der Waals surface area contributed by atoms with Crippen LogP contribution in [0.15, 0.2) is 48.8 Å². The number of nitrogens with zero attached hydrogens (tertiary/aromatic N) is 1. The summed E-state index contributed by atoms with van der Waals surface area (Å²) < 4.78 is 5.15. The minimum atomic E-state index is -0.0844. The molecule has 17 heavy (non-hydrogen) atoms. The molecule has 3 N–H and O–H groups in total. The van der Waals surface area contributed by atoms with E-state index in [4.69, 9.17) is 10.6 Å². The molecule has 2 rings (SSSR count). The third-order valence-electron chi connectivity index (χ3n) is 2.60. The number of benzene rings is 1. The van der Waals surface area contributed by atoms with Crippen LogP contribution in [-0.4, -0.2) is 12.1 Å². The highest BCUT2D eigenvalue weighted by Crippen LogP contribution is 2.23. The van der Waals surface area contributed by atoms with Gasteiger partial charge < -0.3 is 4.74 Å². The highest BCUT2D eigenvalue weighted by Gasteiger charge is 2.12. The summed E-state index contributed by atoms with van der Waals surface area (Å²) in [7, 11) is 1.62. The normalized spacial score (nSPS) is 12.1. The van der Waals surface area contributed by atoms with E-state index in [0.29, 0.717) is 0 Å². The largest absolute Gasteiger partial charge is 0.495 e. The standard InChI is InChI=1S/C13H15N3O/c1-17-12-7-11(8-15-9-12)13(16-14)10-5-3-2-4-6-10/h2-9,13,16H,14H2,1H3. The molecule has 4 nitrogen and oxygen atoms in total.